The van der Waals surface area contributed by atoms with Crippen molar-refractivity contribution in [1.82, 2.24) is 15.1 Å². The van der Waals surface area contributed by atoms with Crippen LogP contribution in [-0.4, -0.2) is 47.3 Å². The van der Waals surface area contributed by atoms with Crippen molar-refractivity contribution < 1.29 is 14.3 Å². The first-order valence-corrected chi connectivity index (χ1v) is 7.88. The number of ether oxygens (including phenoxy) is 1. The maximum Gasteiger partial charge on any atom is 0.321 e. The minimum atomic E-state index is -0.225. The van der Waals surface area contributed by atoms with Gasteiger partial charge >= 0.3 is 12.0 Å². The Kier molecular flexibility index (Phi) is 4.79. The van der Waals surface area contributed by atoms with Crippen molar-refractivity contribution in [2.45, 2.75) is 12.8 Å². The summed E-state index contributed by atoms with van der Waals surface area (Å²) in [6, 6.07) is 9.31. The quantitative estimate of drug-likeness (QED) is 0.844. The van der Waals surface area contributed by atoms with Crippen LogP contribution in [0.1, 0.15) is 12.8 Å². The monoisotopic (exact) mass is 328 g/mol. The summed E-state index contributed by atoms with van der Waals surface area (Å²) in [7, 11) is 1.38. The van der Waals surface area contributed by atoms with Crippen molar-refractivity contribution in [3.05, 3.63) is 36.5 Å². The first-order chi connectivity index (χ1) is 11.7. The molecule has 1 saturated heterocycles. The molecule has 0 radical (unpaired) electrons. The van der Waals surface area contributed by atoms with Crippen molar-refractivity contribution in [1.29, 1.82) is 0 Å². The molecule has 1 fully saturated rings. The Morgan fingerprint density at radius 2 is 2.12 bits per heavy atom. The van der Waals surface area contributed by atoms with Crippen LogP contribution in [0, 0.1) is 5.92 Å². The number of anilines is 1. The van der Waals surface area contributed by atoms with Crippen molar-refractivity contribution in [3.8, 4) is 11.3 Å². The molecule has 0 aliphatic carbocycles. The summed E-state index contributed by atoms with van der Waals surface area (Å²) in [6.45, 7) is 1.23. The summed E-state index contributed by atoms with van der Waals surface area (Å²) in [4.78, 5) is 25.4. The largest absolute Gasteiger partial charge is 0.469 e. The maximum absolute atomic E-state index is 12.3. The molecule has 0 saturated carbocycles. The number of likely N-dealkylation sites (tertiary alicyclic amines) is 1. The first kappa shape index (κ1) is 16.0. The summed E-state index contributed by atoms with van der Waals surface area (Å²) in [6.07, 6.45) is 2.88. The van der Waals surface area contributed by atoms with E-state index in [2.05, 4.69) is 20.3 Å². The highest BCUT2D eigenvalue weighted by atomic mass is 16.5. The van der Waals surface area contributed by atoms with Crippen LogP contribution in [0.4, 0.5) is 10.5 Å². The molecule has 3 rings (SSSR count). The van der Waals surface area contributed by atoms with Gasteiger partial charge in [0.2, 0.25) is 0 Å². The Morgan fingerprint density at radius 1 is 1.33 bits per heavy atom. The fourth-order valence-corrected chi connectivity index (χ4v) is 2.86. The van der Waals surface area contributed by atoms with E-state index in [4.69, 9.17) is 0 Å². The Morgan fingerprint density at radius 3 is 2.79 bits per heavy atom. The molecule has 7 heteroatoms. The topological polar surface area (TPSA) is 87.3 Å². The molecule has 1 aromatic heterocycles. The lowest BCUT2D eigenvalue weighted by molar-refractivity contribution is -0.141. The molecule has 2 amide bonds. The van der Waals surface area contributed by atoms with Crippen LogP contribution in [-0.2, 0) is 9.53 Å². The zero-order valence-electron chi connectivity index (χ0n) is 13.5. The second kappa shape index (κ2) is 7.16. The number of hydrogen-bond donors (Lipinski definition) is 2. The molecule has 1 aliphatic rings. The van der Waals surface area contributed by atoms with Crippen molar-refractivity contribution in [3.63, 3.8) is 0 Å². The van der Waals surface area contributed by atoms with Gasteiger partial charge in [0.15, 0.2) is 0 Å². The Labute approximate surface area is 140 Å². The number of nitrogens with zero attached hydrogens (tertiary/aromatic N) is 2. The first-order valence-electron chi connectivity index (χ1n) is 7.88. The molecule has 7 nitrogen and oxygen atoms in total. The number of carbonyl (C=O) groups is 2. The minimum Gasteiger partial charge on any atom is -0.469 e. The molecule has 1 atom stereocenters. The molecule has 0 spiro atoms. The molecule has 2 aromatic rings. The predicted octanol–water partition coefficient (Wildman–Crippen LogP) is 2.49. The van der Waals surface area contributed by atoms with Gasteiger partial charge in [0.05, 0.1) is 19.2 Å². The van der Waals surface area contributed by atoms with Crippen LogP contribution in [0.25, 0.3) is 11.3 Å². The van der Waals surface area contributed by atoms with Crippen LogP contribution in [0.3, 0.4) is 0 Å². The number of urea groups is 1. The summed E-state index contributed by atoms with van der Waals surface area (Å²) >= 11 is 0. The molecule has 0 bridgehead atoms. The van der Waals surface area contributed by atoms with E-state index in [-0.39, 0.29) is 17.9 Å². The van der Waals surface area contributed by atoms with Crippen LogP contribution < -0.4 is 5.32 Å². The Bertz CT molecular complexity index is 697. The fraction of sp³-hybridized carbons (Fsp3) is 0.353. The molecule has 0 unspecified atom stereocenters. The summed E-state index contributed by atoms with van der Waals surface area (Å²) < 4.78 is 4.68. The number of aromatic amines is 1. The smallest absolute Gasteiger partial charge is 0.321 e. The predicted molar refractivity (Wildman–Crippen MR) is 89.4 cm³/mol. The summed E-state index contributed by atoms with van der Waals surface area (Å²) in [5.74, 6) is -0.0531. The SMILES string of the molecule is COC(=O)C[C@H]1CCN(C(=O)Nc2ccc(-c3ccn[nH]3)cc2)C1. The number of carbonyl (C=O) groups excluding carboxylic acids is 2. The number of rotatable bonds is 4. The van der Waals surface area contributed by atoms with Gasteiger partial charge in [0, 0.05) is 25.0 Å². The van der Waals surface area contributed by atoms with Crippen LogP contribution >= 0.6 is 0 Å². The average Bonchev–Trinajstić information content (AvgIpc) is 3.27. The lowest BCUT2D eigenvalue weighted by Crippen LogP contribution is -2.33. The van der Waals surface area contributed by atoms with E-state index in [0.29, 0.717) is 19.5 Å². The van der Waals surface area contributed by atoms with Gasteiger partial charge in [-0.05, 0) is 36.1 Å². The Balaban J connectivity index is 1.54. The highest BCUT2D eigenvalue weighted by Gasteiger charge is 2.28. The normalized spacial score (nSPS) is 16.9. The van der Waals surface area contributed by atoms with E-state index < -0.39 is 0 Å². The minimum absolute atomic E-state index is 0.142. The van der Waals surface area contributed by atoms with Crippen LogP contribution in [0.2, 0.25) is 0 Å². The number of benzene rings is 1. The van der Waals surface area contributed by atoms with E-state index in [1.807, 2.05) is 30.3 Å². The number of esters is 1. The molecule has 126 valence electrons. The van der Waals surface area contributed by atoms with Crippen molar-refractivity contribution in [2.75, 3.05) is 25.5 Å². The lowest BCUT2D eigenvalue weighted by Gasteiger charge is -2.17. The third-order valence-electron chi connectivity index (χ3n) is 4.20. The number of amides is 2. The second-order valence-corrected chi connectivity index (χ2v) is 5.86. The standard InChI is InChI=1S/C17H20N4O3/c1-24-16(22)10-12-7-9-21(11-12)17(23)19-14-4-2-13(3-5-14)15-6-8-18-20-15/h2-6,8,12H,7,9-11H2,1H3,(H,18,20)(H,19,23)/t12-/m1/s1. The van der Waals surface area contributed by atoms with Gasteiger partial charge in [0.25, 0.3) is 0 Å². The highest BCUT2D eigenvalue weighted by molar-refractivity contribution is 5.89. The average molecular weight is 328 g/mol. The van der Waals surface area contributed by atoms with E-state index in [1.165, 1.54) is 7.11 Å². The van der Waals surface area contributed by atoms with Gasteiger partial charge in [-0.1, -0.05) is 12.1 Å². The number of H-pyrrole nitrogens is 1. The number of nitrogens with one attached hydrogen (secondary N) is 2. The zero-order chi connectivity index (χ0) is 16.9. The molecule has 1 aromatic carbocycles. The Hall–Kier alpha value is -2.83. The van der Waals surface area contributed by atoms with Gasteiger partial charge in [-0.15, -0.1) is 0 Å². The number of aromatic nitrogens is 2. The molecular weight excluding hydrogens is 308 g/mol. The van der Waals surface area contributed by atoms with E-state index in [0.717, 1.165) is 23.4 Å². The molecular formula is C17H20N4O3. The third kappa shape index (κ3) is 3.73. The molecule has 2 heterocycles. The summed E-state index contributed by atoms with van der Waals surface area (Å²) in [5.41, 5.74) is 2.67. The lowest BCUT2D eigenvalue weighted by atomic mass is 10.1. The zero-order valence-corrected chi connectivity index (χ0v) is 13.5. The molecule has 1 aliphatic heterocycles. The van der Waals surface area contributed by atoms with Gasteiger partial charge in [0.1, 0.15) is 0 Å². The second-order valence-electron chi connectivity index (χ2n) is 5.86. The van der Waals surface area contributed by atoms with E-state index in [1.54, 1.807) is 11.1 Å². The molecule has 24 heavy (non-hydrogen) atoms. The summed E-state index contributed by atoms with van der Waals surface area (Å²) in [5, 5.41) is 9.71. The van der Waals surface area contributed by atoms with E-state index >= 15 is 0 Å². The van der Waals surface area contributed by atoms with Crippen LogP contribution in [0.5, 0.6) is 0 Å². The number of methoxy groups -OCH3 is 1. The van der Waals surface area contributed by atoms with Gasteiger partial charge in [-0.3, -0.25) is 9.89 Å². The maximum atomic E-state index is 12.3. The van der Waals surface area contributed by atoms with Crippen LogP contribution in [0.15, 0.2) is 36.5 Å². The van der Waals surface area contributed by atoms with Crippen molar-refractivity contribution >= 4 is 17.7 Å². The van der Waals surface area contributed by atoms with Gasteiger partial charge in [-0.25, -0.2) is 4.79 Å². The van der Waals surface area contributed by atoms with Gasteiger partial charge in [-0.2, -0.15) is 5.10 Å². The fourth-order valence-electron chi connectivity index (χ4n) is 2.86. The third-order valence-corrected chi connectivity index (χ3v) is 4.20. The van der Waals surface area contributed by atoms with Crippen molar-refractivity contribution in [2.24, 2.45) is 5.92 Å². The molecule has 2 N–H and O–H groups in total. The number of hydrogen-bond acceptors (Lipinski definition) is 4. The van der Waals surface area contributed by atoms with Gasteiger partial charge < -0.3 is 15.0 Å². The highest BCUT2D eigenvalue weighted by Crippen LogP contribution is 2.22. The van der Waals surface area contributed by atoms with E-state index in [9.17, 15) is 9.59 Å².